The zero-order chi connectivity index (χ0) is 13.2. The maximum Gasteiger partial charge on any atom is 0.220 e. The van der Waals surface area contributed by atoms with Gasteiger partial charge in [0.1, 0.15) is 0 Å². The van der Waals surface area contributed by atoms with Crippen molar-refractivity contribution in [2.45, 2.75) is 19.4 Å². The van der Waals surface area contributed by atoms with Gasteiger partial charge in [-0.05, 0) is 35.2 Å². The number of nitrogens with zero attached hydrogens (tertiary/aromatic N) is 2. The third-order valence-electron chi connectivity index (χ3n) is 3.71. The Balaban J connectivity index is 2.13. The zero-order valence-electron chi connectivity index (χ0n) is 10.9. The standard InChI is InChI=1S/C16H16N2O/c1-12(19)18-11-8-13-4-2-3-5-15(13)16(18)14-6-9-17-10-7-14/h2-7,9-10,16H,8,11H2,1H3. The minimum atomic E-state index is 0.0189. The molecule has 0 bridgehead atoms. The van der Waals surface area contributed by atoms with E-state index in [1.807, 2.05) is 23.1 Å². The van der Waals surface area contributed by atoms with Crippen molar-refractivity contribution >= 4 is 5.91 Å². The van der Waals surface area contributed by atoms with Crippen molar-refractivity contribution in [3.05, 3.63) is 65.5 Å². The lowest BCUT2D eigenvalue weighted by molar-refractivity contribution is -0.130. The highest BCUT2D eigenvalue weighted by Crippen LogP contribution is 2.34. The normalized spacial score (nSPS) is 17.9. The second-order valence-electron chi connectivity index (χ2n) is 4.84. The van der Waals surface area contributed by atoms with E-state index in [2.05, 4.69) is 23.2 Å². The molecule has 3 rings (SSSR count). The molecule has 96 valence electrons. The maximum atomic E-state index is 11.9. The lowest BCUT2D eigenvalue weighted by Gasteiger charge is -2.37. The summed E-state index contributed by atoms with van der Waals surface area (Å²) in [7, 11) is 0. The summed E-state index contributed by atoms with van der Waals surface area (Å²) < 4.78 is 0. The minimum Gasteiger partial charge on any atom is -0.331 e. The summed E-state index contributed by atoms with van der Waals surface area (Å²) in [6.45, 7) is 2.42. The van der Waals surface area contributed by atoms with Crippen molar-refractivity contribution in [1.29, 1.82) is 0 Å². The van der Waals surface area contributed by atoms with Gasteiger partial charge in [-0.3, -0.25) is 9.78 Å². The molecule has 0 fully saturated rings. The summed E-state index contributed by atoms with van der Waals surface area (Å²) >= 11 is 0. The van der Waals surface area contributed by atoms with Gasteiger partial charge in [0.25, 0.3) is 0 Å². The van der Waals surface area contributed by atoms with Crippen LogP contribution in [-0.4, -0.2) is 22.3 Å². The van der Waals surface area contributed by atoms with E-state index in [1.54, 1.807) is 19.3 Å². The van der Waals surface area contributed by atoms with Gasteiger partial charge in [0.05, 0.1) is 6.04 Å². The van der Waals surface area contributed by atoms with Crippen LogP contribution >= 0.6 is 0 Å². The Kier molecular flexibility index (Phi) is 3.03. The SMILES string of the molecule is CC(=O)N1CCc2ccccc2C1c1ccncc1. The highest BCUT2D eigenvalue weighted by Gasteiger charge is 2.29. The van der Waals surface area contributed by atoms with Crippen LogP contribution in [-0.2, 0) is 11.2 Å². The molecule has 0 N–H and O–H groups in total. The quantitative estimate of drug-likeness (QED) is 0.781. The van der Waals surface area contributed by atoms with Gasteiger partial charge in [-0.25, -0.2) is 0 Å². The Labute approximate surface area is 112 Å². The first-order chi connectivity index (χ1) is 9.27. The van der Waals surface area contributed by atoms with Crippen molar-refractivity contribution in [2.24, 2.45) is 0 Å². The predicted octanol–water partition coefficient (Wildman–Crippen LogP) is 2.58. The molecule has 0 spiro atoms. The lowest BCUT2D eigenvalue weighted by atomic mass is 9.88. The summed E-state index contributed by atoms with van der Waals surface area (Å²) in [5, 5.41) is 0. The summed E-state index contributed by atoms with van der Waals surface area (Å²) in [5.41, 5.74) is 3.69. The number of aromatic nitrogens is 1. The topological polar surface area (TPSA) is 33.2 Å². The molecular formula is C16H16N2O. The van der Waals surface area contributed by atoms with Gasteiger partial charge in [-0.15, -0.1) is 0 Å². The second kappa shape index (κ2) is 4.84. The van der Waals surface area contributed by atoms with E-state index in [0.717, 1.165) is 18.5 Å². The largest absolute Gasteiger partial charge is 0.331 e. The van der Waals surface area contributed by atoms with Crippen molar-refractivity contribution in [2.75, 3.05) is 6.54 Å². The molecule has 1 aromatic carbocycles. The third kappa shape index (κ3) is 2.12. The van der Waals surface area contributed by atoms with Gasteiger partial charge in [0, 0.05) is 25.9 Å². The first-order valence-corrected chi connectivity index (χ1v) is 6.52. The number of hydrogen-bond donors (Lipinski definition) is 0. The first kappa shape index (κ1) is 11.9. The third-order valence-corrected chi connectivity index (χ3v) is 3.71. The summed E-state index contributed by atoms with van der Waals surface area (Å²) in [6, 6.07) is 12.4. The Hall–Kier alpha value is -2.16. The van der Waals surface area contributed by atoms with E-state index in [4.69, 9.17) is 0 Å². The van der Waals surface area contributed by atoms with Crippen molar-refractivity contribution in [3.8, 4) is 0 Å². The number of carbonyl (C=O) groups is 1. The highest BCUT2D eigenvalue weighted by molar-refractivity contribution is 5.75. The number of amides is 1. The second-order valence-corrected chi connectivity index (χ2v) is 4.84. The Morgan fingerprint density at radius 2 is 1.95 bits per heavy atom. The van der Waals surface area contributed by atoms with Crippen LogP contribution in [0.3, 0.4) is 0 Å². The van der Waals surface area contributed by atoms with E-state index >= 15 is 0 Å². The minimum absolute atomic E-state index is 0.0189. The van der Waals surface area contributed by atoms with Crippen LogP contribution in [0.1, 0.15) is 29.7 Å². The summed E-state index contributed by atoms with van der Waals surface area (Å²) in [4.78, 5) is 17.9. The molecule has 0 saturated heterocycles. The molecule has 2 aromatic rings. The molecule has 1 unspecified atom stereocenters. The molecule has 1 aliphatic rings. The molecule has 1 aromatic heterocycles. The molecule has 1 aliphatic heterocycles. The summed E-state index contributed by atoms with van der Waals surface area (Å²) in [5.74, 6) is 0.122. The van der Waals surface area contributed by atoms with Gasteiger partial charge in [-0.1, -0.05) is 24.3 Å². The molecule has 1 atom stereocenters. The fourth-order valence-electron chi connectivity index (χ4n) is 2.81. The number of carbonyl (C=O) groups excluding carboxylic acids is 1. The molecule has 3 nitrogen and oxygen atoms in total. The van der Waals surface area contributed by atoms with E-state index < -0.39 is 0 Å². The zero-order valence-corrected chi connectivity index (χ0v) is 10.9. The van der Waals surface area contributed by atoms with Crippen LogP contribution in [0.5, 0.6) is 0 Å². The predicted molar refractivity (Wildman–Crippen MR) is 73.6 cm³/mol. The smallest absolute Gasteiger partial charge is 0.220 e. The molecule has 0 aliphatic carbocycles. The van der Waals surface area contributed by atoms with Crippen LogP contribution in [0.15, 0.2) is 48.8 Å². The Bertz CT molecular complexity index is 595. The number of rotatable bonds is 1. The number of hydrogen-bond acceptors (Lipinski definition) is 2. The number of fused-ring (bicyclic) bond motifs is 1. The molecule has 3 heteroatoms. The van der Waals surface area contributed by atoms with E-state index in [9.17, 15) is 4.79 Å². The van der Waals surface area contributed by atoms with Gasteiger partial charge < -0.3 is 4.90 Å². The average Bonchev–Trinajstić information content (AvgIpc) is 2.46. The van der Waals surface area contributed by atoms with Crippen LogP contribution in [0.25, 0.3) is 0 Å². The van der Waals surface area contributed by atoms with Gasteiger partial charge in [0.15, 0.2) is 0 Å². The first-order valence-electron chi connectivity index (χ1n) is 6.52. The van der Waals surface area contributed by atoms with Crippen molar-refractivity contribution in [1.82, 2.24) is 9.88 Å². The monoisotopic (exact) mass is 252 g/mol. The van der Waals surface area contributed by atoms with Gasteiger partial charge in [-0.2, -0.15) is 0 Å². The molecule has 0 saturated carbocycles. The van der Waals surface area contributed by atoms with E-state index in [0.29, 0.717) is 0 Å². The molecule has 1 amide bonds. The average molecular weight is 252 g/mol. The van der Waals surface area contributed by atoms with E-state index in [-0.39, 0.29) is 11.9 Å². The van der Waals surface area contributed by atoms with Gasteiger partial charge in [0.2, 0.25) is 5.91 Å². The van der Waals surface area contributed by atoms with Gasteiger partial charge >= 0.3 is 0 Å². The Morgan fingerprint density at radius 3 is 2.68 bits per heavy atom. The molecule has 0 radical (unpaired) electrons. The fourth-order valence-corrected chi connectivity index (χ4v) is 2.81. The maximum absolute atomic E-state index is 11.9. The van der Waals surface area contributed by atoms with E-state index in [1.165, 1.54) is 11.1 Å². The van der Waals surface area contributed by atoms with Crippen LogP contribution < -0.4 is 0 Å². The highest BCUT2D eigenvalue weighted by atomic mass is 16.2. The number of benzene rings is 1. The molecular weight excluding hydrogens is 236 g/mol. The lowest BCUT2D eigenvalue weighted by Crippen LogP contribution is -2.39. The van der Waals surface area contributed by atoms with Crippen LogP contribution in [0, 0.1) is 0 Å². The van der Waals surface area contributed by atoms with Crippen LogP contribution in [0.2, 0.25) is 0 Å². The Morgan fingerprint density at radius 1 is 1.21 bits per heavy atom. The van der Waals surface area contributed by atoms with Crippen LogP contribution in [0.4, 0.5) is 0 Å². The number of pyridine rings is 1. The van der Waals surface area contributed by atoms with Crippen molar-refractivity contribution < 1.29 is 4.79 Å². The fraction of sp³-hybridized carbons (Fsp3) is 0.250. The molecule has 19 heavy (non-hydrogen) atoms. The molecule has 2 heterocycles. The van der Waals surface area contributed by atoms with Crippen molar-refractivity contribution in [3.63, 3.8) is 0 Å². The summed E-state index contributed by atoms with van der Waals surface area (Å²) in [6.07, 6.45) is 4.49.